The Morgan fingerprint density at radius 1 is 1.05 bits per heavy atom. The fraction of sp³-hybridized carbons (Fsp3) is 0.846. The van der Waals surface area contributed by atoms with Gasteiger partial charge in [-0.05, 0) is 27.7 Å². The van der Waals surface area contributed by atoms with Crippen LogP contribution in [0.15, 0.2) is 0 Å². The predicted octanol–water partition coefficient (Wildman–Crippen LogP) is 2.36. The second-order valence-corrected chi connectivity index (χ2v) is 6.51. The lowest BCUT2D eigenvalue weighted by atomic mass is 10.2. The SMILES string of the molecule is CC(CSC(C)NC(=O)OC(C)C)NC(=O)C(C)C. The van der Waals surface area contributed by atoms with Crippen molar-refractivity contribution in [3.05, 3.63) is 0 Å². The molecule has 0 saturated carbocycles. The van der Waals surface area contributed by atoms with E-state index in [1.54, 1.807) is 25.6 Å². The molecule has 6 heteroatoms. The van der Waals surface area contributed by atoms with Gasteiger partial charge in [0.15, 0.2) is 0 Å². The number of thioether (sulfide) groups is 1. The third kappa shape index (κ3) is 9.64. The zero-order chi connectivity index (χ0) is 15.0. The summed E-state index contributed by atoms with van der Waals surface area (Å²) in [6.45, 7) is 11.2. The Kier molecular flexibility index (Phi) is 8.63. The molecular formula is C13H26N2O3S. The molecule has 2 N–H and O–H groups in total. The summed E-state index contributed by atoms with van der Waals surface area (Å²) < 4.78 is 4.99. The number of carbonyl (C=O) groups excluding carboxylic acids is 2. The maximum absolute atomic E-state index is 11.5. The van der Waals surface area contributed by atoms with Gasteiger partial charge in [-0.2, -0.15) is 0 Å². The van der Waals surface area contributed by atoms with Gasteiger partial charge in [0.2, 0.25) is 5.91 Å². The molecule has 2 atom stereocenters. The average molecular weight is 290 g/mol. The highest BCUT2D eigenvalue weighted by Gasteiger charge is 2.14. The first-order valence-corrected chi connectivity index (χ1v) is 7.66. The number of rotatable bonds is 7. The molecule has 0 aliphatic heterocycles. The minimum atomic E-state index is -0.408. The van der Waals surface area contributed by atoms with Crippen molar-refractivity contribution in [1.29, 1.82) is 0 Å². The summed E-state index contributed by atoms with van der Waals surface area (Å²) in [7, 11) is 0. The lowest BCUT2D eigenvalue weighted by Crippen LogP contribution is -2.38. The summed E-state index contributed by atoms with van der Waals surface area (Å²) in [6, 6.07) is 0.0743. The van der Waals surface area contributed by atoms with Crippen LogP contribution in [0.3, 0.4) is 0 Å². The summed E-state index contributed by atoms with van der Waals surface area (Å²) in [4.78, 5) is 22.8. The predicted molar refractivity (Wildman–Crippen MR) is 79.1 cm³/mol. The Morgan fingerprint density at radius 3 is 2.11 bits per heavy atom. The van der Waals surface area contributed by atoms with Crippen molar-refractivity contribution in [1.82, 2.24) is 10.6 Å². The van der Waals surface area contributed by atoms with E-state index in [2.05, 4.69) is 10.6 Å². The van der Waals surface area contributed by atoms with Gasteiger partial charge in [0.25, 0.3) is 0 Å². The molecule has 5 nitrogen and oxygen atoms in total. The van der Waals surface area contributed by atoms with Crippen LogP contribution in [0.1, 0.15) is 41.5 Å². The molecule has 0 aliphatic carbocycles. The third-order valence-electron chi connectivity index (χ3n) is 2.17. The van der Waals surface area contributed by atoms with Crippen LogP contribution in [-0.4, -0.2) is 35.3 Å². The summed E-state index contributed by atoms with van der Waals surface area (Å²) >= 11 is 1.57. The maximum Gasteiger partial charge on any atom is 0.408 e. The molecule has 0 aromatic rings. The Balaban J connectivity index is 3.86. The van der Waals surface area contributed by atoms with Crippen molar-refractivity contribution in [2.45, 2.75) is 59.1 Å². The average Bonchev–Trinajstić information content (AvgIpc) is 2.24. The van der Waals surface area contributed by atoms with Gasteiger partial charge in [-0.15, -0.1) is 11.8 Å². The van der Waals surface area contributed by atoms with E-state index in [0.717, 1.165) is 5.75 Å². The fourth-order valence-corrected chi connectivity index (χ4v) is 2.04. The highest BCUT2D eigenvalue weighted by atomic mass is 32.2. The van der Waals surface area contributed by atoms with Crippen molar-refractivity contribution >= 4 is 23.8 Å². The number of amides is 2. The molecule has 112 valence electrons. The summed E-state index contributed by atoms with van der Waals surface area (Å²) in [5, 5.41) is 5.60. The van der Waals surface area contributed by atoms with Crippen LogP contribution in [0.4, 0.5) is 4.79 Å². The molecule has 0 aromatic heterocycles. The second-order valence-electron chi connectivity index (χ2n) is 5.14. The number of hydrogen-bond donors (Lipinski definition) is 2. The second kappa shape index (κ2) is 9.07. The molecule has 0 bridgehead atoms. The topological polar surface area (TPSA) is 67.4 Å². The monoisotopic (exact) mass is 290 g/mol. The number of alkyl carbamates (subject to hydrolysis) is 1. The number of carbonyl (C=O) groups is 2. The zero-order valence-electron chi connectivity index (χ0n) is 12.6. The zero-order valence-corrected chi connectivity index (χ0v) is 13.5. The minimum absolute atomic E-state index is 0.0102. The molecule has 0 heterocycles. The van der Waals surface area contributed by atoms with Crippen molar-refractivity contribution in [3.63, 3.8) is 0 Å². The van der Waals surface area contributed by atoms with Crippen LogP contribution < -0.4 is 10.6 Å². The third-order valence-corrected chi connectivity index (χ3v) is 3.48. The molecule has 0 aromatic carbocycles. The van der Waals surface area contributed by atoms with E-state index in [9.17, 15) is 9.59 Å². The fourth-order valence-electron chi connectivity index (χ4n) is 1.20. The van der Waals surface area contributed by atoms with Gasteiger partial charge in [0.1, 0.15) is 0 Å². The quantitative estimate of drug-likeness (QED) is 0.706. The smallest absolute Gasteiger partial charge is 0.408 e. The molecule has 0 aliphatic rings. The molecule has 0 rings (SSSR count). The summed E-state index contributed by atoms with van der Waals surface area (Å²) in [6.07, 6.45) is -0.532. The number of ether oxygens (including phenoxy) is 1. The highest BCUT2D eigenvalue weighted by molar-refractivity contribution is 7.99. The normalized spacial score (nSPS) is 14.1. The standard InChI is InChI=1S/C13H26N2O3S/c1-8(2)12(16)14-10(5)7-19-11(6)15-13(17)18-9(3)4/h8-11H,7H2,1-6H3,(H,14,16)(H,15,17). The molecule has 0 spiro atoms. The molecular weight excluding hydrogens is 264 g/mol. The van der Waals surface area contributed by atoms with Crippen LogP contribution in [0.25, 0.3) is 0 Å². The molecule has 0 fully saturated rings. The van der Waals surface area contributed by atoms with Crippen LogP contribution in [0.2, 0.25) is 0 Å². The molecule has 0 radical (unpaired) electrons. The lowest BCUT2D eigenvalue weighted by Gasteiger charge is -2.19. The van der Waals surface area contributed by atoms with E-state index in [1.807, 2.05) is 27.7 Å². The largest absolute Gasteiger partial charge is 0.447 e. The van der Waals surface area contributed by atoms with E-state index < -0.39 is 6.09 Å². The van der Waals surface area contributed by atoms with Crippen LogP contribution in [0.5, 0.6) is 0 Å². The van der Waals surface area contributed by atoms with E-state index in [4.69, 9.17) is 4.74 Å². The number of nitrogens with one attached hydrogen (secondary N) is 2. The Hall–Kier alpha value is -0.910. The molecule has 2 amide bonds. The van der Waals surface area contributed by atoms with E-state index in [0.29, 0.717) is 0 Å². The maximum atomic E-state index is 11.5. The van der Waals surface area contributed by atoms with E-state index in [1.165, 1.54) is 0 Å². The van der Waals surface area contributed by atoms with E-state index in [-0.39, 0.29) is 29.3 Å². The first-order valence-electron chi connectivity index (χ1n) is 6.61. The van der Waals surface area contributed by atoms with E-state index >= 15 is 0 Å². The van der Waals surface area contributed by atoms with Crippen molar-refractivity contribution in [3.8, 4) is 0 Å². The first kappa shape index (κ1) is 18.1. The Morgan fingerprint density at radius 2 is 1.63 bits per heavy atom. The van der Waals surface area contributed by atoms with Gasteiger partial charge in [0.05, 0.1) is 11.5 Å². The Labute approximate surface area is 120 Å². The van der Waals surface area contributed by atoms with Crippen molar-refractivity contribution < 1.29 is 14.3 Å². The number of hydrogen-bond acceptors (Lipinski definition) is 4. The van der Waals surface area contributed by atoms with Crippen LogP contribution in [-0.2, 0) is 9.53 Å². The van der Waals surface area contributed by atoms with Crippen LogP contribution >= 0.6 is 11.8 Å². The lowest BCUT2D eigenvalue weighted by molar-refractivity contribution is -0.124. The first-order chi connectivity index (χ1) is 8.72. The van der Waals surface area contributed by atoms with Gasteiger partial charge in [-0.25, -0.2) is 4.79 Å². The van der Waals surface area contributed by atoms with Crippen molar-refractivity contribution in [2.24, 2.45) is 5.92 Å². The van der Waals surface area contributed by atoms with Gasteiger partial charge in [-0.1, -0.05) is 13.8 Å². The molecule has 2 unspecified atom stereocenters. The van der Waals surface area contributed by atoms with Gasteiger partial charge >= 0.3 is 6.09 Å². The Bertz CT molecular complexity index is 296. The summed E-state index contributed by atoms with van der Waals surface area (Å²) in [5.41, 5.74) is 0. The van der Waals surface area contributed by atoms with Crippen molar-refractivity contribution in [2.75, 3.05) is 5.75 Å². The molecule has 0 saturated heterocycles. The summed E-state index contributed by atoms with van der Waals surface area (Å²) in [5.74, 6) is 0.777. The van der Waals surface area contributed by atoms with Gasteiger partial charge < -0.3 is 15.4 Å². The highest BCUT2D eigenvalue weighted by Crippen LogP contribution is 2.10. The van der Waals surface area contributed by atoms with Gasteiger partial charge in [0, 0.05) is 17.7 Å². The minimum Gasteiger partial charge on any atom is -0.447 e. The van der Waals surface area contributed by atoms with Gasteiger partial charge in [-0.3, -0.25) is 4.79 Å². The molecule has 19 heavy (non-hydrogen) atoms. The van der Waals surface area contributed by atoms with Crippen LogP contribution in [0, 0.1) is 5.92 Å².